The second-order valence-corrected chi connectivity index (χ2v) is 3.36. The van der Waals surface area contributed by atoms with E-state index in [1.165, 1.54) is 0 Å². The quantitative estimate of drug-likeness (QED) is 0.333. The van der Waals surface area contributed by atoms with E-state index in [9.17, 15) is 0 Å². The van der Waals surface area contributed by atoms with Crippen molar-refractivity contribution in [3.8, 4) is 0 Å². The standard InChI is InChI=1S/C5H14N2O.H3NO3S/c1-5(4-6)7-2-3-8;1-5(2,3)4/h5,7-8H,2-4,6H2,1H3;(H3,1,2,3,4). The molecule has 0 spiro atoms. The average Bonchev–Trinajstić information content (AvgIpc) is 1.97. The lowest BCUT2D eigenvalue weighted by Crippen LogP contribution is -2.34. The van der Waals surface area contributed by atoms with Gasteiger partial charge in [-0.25, -0.2) is 5.14 Å². The van der Waals surface area contributed by atoms with Gasteiger partial charge in [0.1, 0.15) is 0 Å². The van der Waals surface area contributed by atoms with E-state index in [-0.39, 0.29) is 6.61 Å². The molecule has 0 saturated heterocycles. The Kier molecular flexibility index (Phi) is 9.79. The van der Waals surface area contributed by atoms with Crippen LogP contribution in [0.2, 0.25) is 0 Å². The molecule has 8 heteroatoms. The fourth-order valence-corrected chi connectivity index (χ4v) is 0.394. The first-order valence-electron chi connectivity index (χ1n) is 3.60. The molecule has 0 heterocycles. The normalized spacial score (nSPS) is 13.0. The third-order valence-electron chi connectivity index (χ3n) is 0.958. The van der Waals surface area contributed by atoms with Gasteiger partial charge in [0.2, 0.25) is 0 Å². The highest BCUT2D eigenvalue weighted by molar-refractivity contribution is 7.83. The minimum Gasteiger partial charge on any atom is -0.395 e. The molecule has 1 unspecified atom stereocenters. The molecule has 0 bridgehead atoms. The molecule has 0 aliphatic heterocycles. The first-order valence-corrected chi connectivity index (χ1v) is 5.11. The second-order valence-electron chi connectivity index (χ2n) is 2.33. The molecule has 7 N–H and O–H groups in total. The van der Waals surface area contributed by atoms with Crippen LogP contribution in [0.5, 0.6) is 0 Å². The van der Waals surface area contributed by atoms with Gasteiger partial charge in [-0.1, -0.05) is 0 Å². The zero-order chi connectivity index (χ0) is 10.9. The van der Waals surface area contributed by atoms with E-state index in [4.69, 9.17) is 23.8 Å². The third kappa shape index (κ3) is 33.8. The number of hydrogen-bond donors (Lipinski definition) is 5. The van der Waals surface area contributed by atoms with Crippen molar-refractivity contribution in [1.82, 2.24) is 5.32 Å². The zero-order valence-corrected chi connectivity index (χ0v) is 8.29. The molecule has 0 aromatic heterocycles. The van der Waals surface area contributed by atoms with Gasteiger partial charge in [0.15, 0.2) is 0 Å². The van der Waals surface area contributed by atoms with Crippen LogP contribution in [0.4, 0.5) is 0 Å². The molecule has 1 atom stereocenters. The van der Waals surface area contributed by atoms with Crippen molar-refractivity contribution in [2.45, 2.75) is 13.0 Å². The summed E-state index contributed by atoms with van der Waals surface area (Å²) in [5, 5.41) is 15.2. The molecule has 82 valence electrons. The summed E-state index contributed by atoms with van der Waals surface area (Å²) < 4.78 is 25.2. The number of aliphatic hydroxyl groups excluding tert-OH is 1. The lowest BCUT2D eigenvalue weighted by atomic mass is 10.3. The Morgan fingerprint density at radius 2 is 1.92 bits per heavy atom. The summed E-state index contributed by atoms with van der Waals surface area (Å²) in [5.41, 5.74) is 5.27. The number of hydrogen-bond acceptors (Lipinski definition) is 5. The van der Waals surface area contributed by atoms with Crippen LogP contribution < -0.4 is 16.2 Å². The summed E-state index contributed by atoms with van der Waals surface area (Å²) in [5.74, 6) is 0. The lowest BCUT2D eigenvalue weighted by molar-refractivity contribution is 0.286. The summed E-state index contributed by atoms with van der Waals surface area (Å²) in [7, 11) is -4.17. The van der Waals surface area contributed by atoms with Gasteiger partial charge in [-0.15, -0.1) is 0 Å². The average molecular weight is 215 g/mol. The Morgan fingerprint density at radius 3 is 2.15 bits per heavy atom. The lowest BCUT2D eigenvalue weighted by Gasteiger charge is -2.07. The maximum absolute atomic E-state index is 8.97. The summed E-state index contributed by atoms with van der Waals surface area (Å²) in [4.78, 5) is 0. The fraction of sp³-hybridized carbons (Fsp3) is 1.00. The van der Waals surface area contributed by atoms with Gasteiger partial charge in [0.05, 0.1) is 6.61 Å². The van der Waals surface area contributed by atoms with E-state index in [1.807, 2.05) is 6.92 Å². The molecular formula is C5H17N3O4S. The Morgan fingerprint density at radius 1 is 1.54 bits per heavy atom. The van der Waals surface area contributed by atoms with Crippen molar-refractivity contribution in [2.75, 3.05) is 19.7 Å². The molecule has 7 nitrogen and oxygen atoms in total. The van der Waals surface area contributed by atoms with Gasteiger partial charge in [0, 0.05) is 19.1 Å². The van der Waals surface area contributed by atoms with E-state index in [1.54, 1.807) is 0 Å². The Bertz CT molecular complexity index is 186. The minimum absolute atomic E-state index is 0.185. The van der Waals surface area contributed by atoms with Gasteiger partial charge in [-0.05, 0) is 6.92 Å². The number of nitrogens with one attached hydrogen (secondary N) is 1. The van der Waals surface area contributed by atoms with Crippen molar-refractivity contribution < 1.29 is 18.1 Å². The van der Waals surface area contributed by atoms with Gasteiger partial charge in [-0.2, -0.15) is 8.42 Å². The molecule has 0 aliphatic rings. The van der Waals surface area contributed by atoms with Crippen molar-refractivity contribution >= 4 is 10.3 Å². The number of nitrogens with two attached hydrogens (primary N) is 2. The highest BCUT2D eigenvalue weighted by atomic mass is 32.2. The van der Waals surface area contributed by atoms with Crippen molar-refractivity contribution in [3.63, 3.8) is 0 Å². The topological polar surface area (TPSA) is 139 Å². The summed E-state index contributed by atoms with van der Waals surface area (Å²) >= 11 is 0. The van der Waals surface area contributed by atoms with Crippen LogP contribution in [0.1, 0.15) is 6.92 Å². The molecule has 0 fully saturated rings. The van der Waals surface area contributed by atoms with E-state index in [0.717, 1.165) is 0 Å². The molecule has 0 aromatic carbocycles. The molecule has 0 radical (unpaired) electrons. The van der Waals surface area contributed by atoms with Crippen molar-refractivity contribution in [1.29, 1.82) is 0 Å². The van der Waals surface area contributed by atoms with Gasteiger partial charge >= 0.3 is 10.3 Å². The molecular weight excluding hydrogens is 198 g/mol. The highest BCUT2D eigenvalue weighted by Gasteiger charge is 1.92. The SMILES string of the molecule is CC(CN)NCCO.NS(=O)(=O)O. The van der Waals surface area contributed by atoms with Crippen LogP contribution in [-0.4, -0.2) is 43.8 Å². The summed E-state index contributed by atoms with van der Waals surface area (Å²) in [6.07, 6.45) is 0. The minimum atomic E-state index is -4.17. The van der Waals surface area contributed by atoms with Crippen LogP contribution in [0.3, 0.4) is 0 Å². The summed E-state index contributed by atoms with van der Waals surface area (Å²) in [6, 6.07) is 0.321. The highest BCUT2D eigenvalue weighted by Crippen LogP contribution is 1.71. The van der Waals surface area contributed by atoms with E-state index < -0.39 is 10.3 Å². The predicted octanol–water partition coefficient (Wildman–Crippen LogP) is -2.34. The third-order valence-corrected chi connectivity index (χ3v) is 0.958. The van der Waals surface area contributed by atoms with Gasteiger partial charge in [-0.3, -0.25) is 4.55 Å². The summed E-state index contributed by atoms with van der Waals surface area (Å²) in [6.45, 7) is 3.43. The first-order chi connectivity index (χ1) is 5.81. The molecule has 0 aromatic rings. The van der Waals surface area contributed by atoms with Crippen molar-refractivity contribution in [2.24, 2.45) is 10.9 Å². The fourth-order valence-electron chi connectivity index (χ4n) is 0.394. The molecule has 0 saturated carbocycles. The Labute approximate surface area is 78.0 Å². The maximum atomic E-state index is 8.97. The Hall–Kier alpha value is -0.250. The predicted molar refractivity (Wildman–Crippen MR) is 49.3 cm³/mol. The first kappa shape index (κ1) is 15.2. The maximum Gasteiger partial charge on any atom is 0.330 e. The van der Waals surface area contributed by atoms with Crippen LogP contribution in [0, 0.1) is 0 Å². The van der Waals surface area contributed by atoms with E-state index >= 15 is 0 Å². The van der Waals surface area contributed by atoms with Crippen LogP contribution in [0.25, 0.3) is 0 Å². The van der Waals surface area contributed by atoms with E-state index in [2.05, 4.69) is 10.5 Å². The molecule has 0 aliphatic carbocycles. The number of aliphatic hydroxyl groups is 1. The monoisotopic (exact) mass is 215 g/mol. The van der Waals surface area contributed by atoms with Gasteiger partial charge < -0.3 is 16.2 Å². The van der Waals surface area contributed by atoms with Gasteiger partial charge in [0.25, 0.3) is 0 Å². The smallest absolute Gasteiger partial charge is 0.330 e. The zero-order valence-electron chi connectivity index (χ0n) is 7.47. The van der Waals surface area contributed by atoms with Crippen LogP contribution in [-0.2, 0) is 10.3 Å². The van der Waals surface area contributed by atoms with Crippen molar-refractivity contribution in [3.05, 3.63) is 0 Å². The van der Waals surface area contributed by atoms with Crippen LogP contribution >= 0.6 is 0 Å². The molecule has 13 heavy (non-hydrogen) atoms. The van der Waals surface area contributed by atoms with Crippen LogP contribution in [0.15, 0.2) is 0 Å². The Balaban J connectivity index is 0. The largest absolute Gasteiger partial charge is 0.395 e. The number of rotatable bonds is 4. The molecule has 0 rings (SSSR count). The molecule has 0 amide bonds. The second kappa shape index (κ2) is 8.35. The van der Waals surface area contributed by atoms with E-state index in [0.29, 0.717) is 19.1 Å².